The van der Waals surface area contributed by atoms with E-state index in [2.05, 4.69) is 0 Å². The molecule has 6 nitrogen and oxygen atoms in total. The average Bonchev–Trinajstić information content (AvgIpc) is 2.68. The lowest BCUT2D eigenvalue weighted by Crippen LogP contribution is -2.12. The van der Waals surface area contributed by atoms with Crippen LogP contribution in [0.15, 0.2) is 31.7 Å². The smallest absolute Gasteiger partial charge is 0.344 e. The zero-order valence-corrected chi connectivity index (χ0v) is 10.2. The van der Waals surface area contributed by atoms with Gasteiger partial charge < -0.3 is 20.4 Å². The maximum atomic E-state index is 10.9. The zero-order valence-electron chi connectivity index (χ0n) is 8.58. The highest BCUT2D eigenvalue weighted by atomic mass is 32.2. The van der Waals surface area contributed by atoms with E-state index in [0.29, 0.717) is 0 Å². The van der Waals surface area contributed by atoms with Gasteiger partial charge in [0.05, 0.1) is 14.0 Å². The van der Waals surface area contributed by atoms with Crippen LogP contribution < -0.4 is 0 Å². The second-order valence-electron chi connectivity index (χ2n) is 3.24. The molecule has 0 saturated carbocycles. The monoisotopic (exact) mass is 286 g/mol. The van der Waals surface area contributed by atoms with Crippen molar-refractivity contribution in [2.24, 2.45) is 0 Å². The third kappa shape index (κ3) is 2.00. The molecule has 1 aromatic carbocycles. The van der Waals surface area contributed by atoms with Crippen LogP contribution in [0.4, 0.5) is 0 Å². The number of hydrogen-bond donors (Lipinski definition) is 4. The van der Waals surface area contributed by atoms with Gasteiger partial charge in [-0.15, -0.1) is 0 Å². The highest BCUT2D eigenvalue weighted by molar-refractivity contribution is 8.24. The van der Waals surface area contributed by atoms with Gasteiger partial charge in [-0.25, -0.2) is 9.59 Å². The van der Waals surface area contributed by atoms with Crippen molar-refractivity contribution >= 4 is 35.5 Å². The highest BCUT2D eigenvalue weighted by Gasteiger charge is 2.31. The fraction of sp³-hybridized carbons (Fsp3) is 0. The van der Waals surface area contributed by atoms with Gasteiger partial charge in [0, 0.05) is 0 Å². The first-order valence-corrected chi connectivity index (χ1v) is 6.16. The van der Waals surface area contributed by atoms with Gasteiger partial charge in [-0.3, -0.25) is 0 Å². The van der Waals surface area contributed by atoms with Crippen LogP contribution in [0, 0.1) is 0 Å². The van der Waals surface area contributed by atoms with Crippen LogP contribution in [0.2, 0.25) is 0 Å². The summed E-state index contributed by atoms with van der Waals surface area (Å²) in [5.41, 5.74) is -0.778. The minimum atomic E-state index is -1.57. The number of hydrogen-bond acceptors (Lipinski definition) is 6. The van der Waals surface area contributed by atoms with Gasteiger partial charge in [0.1, 0.15) is 11.5 Å². The second kappa shape index (κ2) is 4.46. The Morgan fingerprint density at radius 3 is 1.61 bits per heavy atom. The summed E-state index contributed by atoms with van der Waals surface area (Å²) in [6.07, 6.45) is 0. The molecule has 2 rings (SSSR count). The van der Waals surface area contributed by atoms with Crippen LogP contribution in [-0.4, -0.2) is 32.4 Å². The van der Waals surface area contributed by atoms with Crippen LogP contribution in [0.25, 0.3) is 0 Å². The Kier molecular flexibility index (Phi) is 3.14. The number of carbonyl (C=O) groups is 2. The fourth-order valence-corrected chi connectivity index (χ4v) is 3.89. The molecule has 4 N–H and O–H groups in total. The topological polar surface area (TPSA) is 115 Å². The molecule has 18 heavy (non-hydrogen) atoms. The van der Waals surface area contributed by atoms with E-state index in [1.54, 1.807) is 0 Å². The fourth-order valence-electron chi connectivity index (χ4n) is 1.31. The molecule has 0 aromatic heterocycles. The van der Waals surface area contributed by atoms with Crippen molar-refractivity contribution in [1.82, 2.24) is 0 Å². The van der Waals surface area contributed by atoms with Crippen molar-refractivity contribution in [3.8, 4) is 11.5 Å². The number of benzene rings is 1. The Hall–Kier alpha value is -1.80. The van der Waals surface area contributed by atoms with Crippen LogP contribution in [0.5, 0.6) is 11.5 Å². The molecule has 0 fully saturated rings. The van der Waals surface area contributed by atoms with E-state index < -0.39 is 17.5 Å². The molecule has 0 atom stereocenters. The van der Waals surface area contributed by atoms with Gasteiger partial charge in [0.15, 0.2) is 5.57 Å². The summed E-state index contributed by atoms with van der Waals surface area (Å²) >= 11 is 1.63. The van der Waals surface area contributed by atoms with Crippen molar-refractivity contribution in [2.75, 3.05) is 0 Å². The van der Waals surface area contributed by atoms with Crippen LogP contribution >= 0.6 is 23.5 Å². The van der Waals surface area contributed by atoms with E-state index >= 15 is 0 Å². The Balaban J connectivity index is 2.55. The van der Waals surface area contributed by atoms with Crippen molar-refractivity contribution < 1.29 is 30.0 Å². The summed E-state index contributed by atoms with van der Waals surface area (Å²) in [7, 11) is 0. The van der Waals surface area contributed by atoms with Crippen LogP contribution in [0.1, 0.15) is 0 Å². The number of rotatable bonds is 2. The average molecular weight is 286 g/mol. The van der Waals surface area contributed by atoms with Crippen molar-refractivity contribution in [3.63, 3.8) is 0 Å². The molecule has 0 radical (unpaired) electrons. The molecule has 0 spiro atoms. The van der Waals surface area contributed by atoms with Gasteiger partial charge >= 0.3 is 11.9 Å². The number of carboxylic acid groups (broad SMARTS) is 2. The van der Waals surface area contributed by atoms with E-state index in [9.17, 15) is 19.8 Å². The summed E-state index contributed by atoms with van der Waals surface area (Å²) in [5.74, 6) is -3.40. The lowest BCUT2D eigenvalue weighted by Gasteiger charge is -2.00. The SMILES string of the molecule is O=C(O)C(C(=O)O)=C1Sc2c(O)ccc(O)c2S1. The molecule has 1 aliphatic rings. The maximum Gasteiger partial charge on any atom is 0.344 e. The van der Waals surface area contributed by atoms with Gasteiger partial charge in [-0.1, -0.05) is 23.5 Å². The first kappa shape index (κ1) is 12.7. The number of fused-ring (bicyclic) bond motifs is 1. The summed E-state index contributed by atoms with van der Waals surface area (Å²) < 4.78 is 0.00167. The van der Waals surface area contributed by atoms with Crippen molar-refractivity contribution in [3.05, 3.63) is 21.9 Å². The standard InChI is InChI=1S/C10H6O6S2/c11-3-1-2-4(12)7-6(3)17-10(18-7)5(8(13)14)9(15)16/h1-2,11-12H,(H,13,14)(H,15,16). The predicted octanol–water partition coefficient (Wildman–Crippen LogP) is 1.68. The minimum absolute atomic E-state index is 0.00167. The molecule has 0 bridgehead atoms. The molecular formula is C10H6O6S2. The number of phenolic OH excluding ortho intramolecular Hbond substituents is 2. The van der Waals surface area contributed by atoms with E-state index in [1.165, 1.54) is 12.1 Å². The molecule has 0 saturated heterocycles. The largest absolute Gasteiger partial charge is 0.507 e. The number of aromatic hydroxyl groups is 2. The first-order chi connectivity index (χ1) is 8.41. The number of aliphatic carboxylic acids is 2. The maximum absolute atomic E-state index is 10.9. The van der Waals surface area contributed by atoms with Gasteiger partial charge in [-0.2, -0.15) is 0 Å². The van der Waals surface area contributed by atoms with E-state index in [-0.39, 0.29) is 25.5 Å². The molecule has 8 heteroatoms. The molecule has 0 amide bonds. The normalized spacial score (nSPS) is 13.2. The van der Waals surface area contributed by atoms with Gasteiger partial charge in [-0.05, 0) is 12.1 Å². The Labute approximate surface area is 109 Å². The molecular weight excluding hydrogens is 280 g/mol. The second-order valence-corrected chi connectivity index (χ2v) is 5.54. The predicted molar refractivity (Wildman–Crippen MR) is 63.8 cm³/mol. The molecule has 0 aliphatic carbocycles. The van der Waals surface area contributed by atoms with Crippen LogP contribution in [-0.2, 0) is 9.59 Å². The third-order valence-electron chi connectivity index (χ3n) is 2.09. The zero-order chi connectivity index (χ0) is 13.4. The summed E-state index contributed by atoms with van der Waals surface area (Å²) in [5, 5.41) is 36.8. The summed E-state index contributed by atoms with van der Waals surface area (Å²) in [6.45, 7) is 0. The number of phenols is 2. The number of carboxylic acids is 2. The van der Waals surface area contributed by atoms with Gasteiger partial charge in [0.25, 0.3) is 0 Å². The van der Waals surface area contributed by atoms with Crippen molar-refractivity contribution in [2.45, 2.75) is 9.79 Å². The lowest BCUT2D eigenvalue weighted by atomic mass is 10.3. The quantitative estimate of drug-likeness (QED) is 0.281. The minimum Gasteiger partial charge on any atom is -0.507 e. The Morgan fingerprint density at radius 1 is 0.889 bits per heavy atom. The van der Waals surface area contributed by atoms with Crippen molar-refractivity contribution in [1.29, 1.82) is 0 Å². The Morgan fingerprint density at radius 2 is 1.28 bits per heavy atom. The third-order valence-corrected chi connectivity index (χ3v) is 4.73. The Bertz CT molecular complexity index is 543. The van der Waals surface area contributed by atoms with E-state index in [4.69, 9.17) is 10.2 Å². The summed E-state index contributed by atoms with van der Waals surface area (Å²) in [6, 6.07) is 2.51. The first-order valence-electron chi connectivity index (χ1n) is 4.53. The molecule has 1 aliphatic heterocycles. The summed E-state index contributed by atoms with van der Waals surface area (Å²) in [4.78, 5) is 22.2. The molecule has 0 unspecified atom stereocenters. The highest BCUT2D eigenvalue weighted by Crippen LogP contribution is 2.58. The van der Waals surface area contributed by atoms with E-state index in [1.807, 2.05) is 0 Å². The molecule has 1 aromatic rings. The van der Waals surface area contributed by atoms with Crippen LogP contribution in [0.3, 0.4) is 0 Å². The lowest BCUT2D eigenvalue weighted by molar-refractivity contribution is -0.140. The van der Waals surface area contributed by atoms with E-state index in [0.717, 1.165) is 23.5 Å². The van der Waals surface area contributed by atoms with Gasteiger partial charge in [0.2, 0.25) is 0 Å². The molecule has 94 valence electrons. The number of thioether (sulfide) groups is 2. The molecule has 1 heterocycles.